The lowest BCUT2D eigenvalue weighted by Gasteiger charge is -2.17. The predicted molar refractivity (Wildman–Crippen MR) is 56.5 cm³/mol. The Morgan fingerprint density at radius 2 is 2.14 bits per heavy atom. The third-order valence-electron chi connectivity index (χ3n) is 2.13. The minimum atomic E-state index is -0.0576. The molecule has 0 amide bonds. The third kappa shape index (κ3) is 2.47. The number of benzene rings is 1. The summed E-state index contributed by atoms with van der Waals surface area (Å²) in [5.74, 6) is 0.836. The Morgan fingerprint density at radius 1 is 1.43 bits per heavy atom. The molecule has 0 saturated carbocycles. The van der Waals surface area contributed by atoms with Crippen molar-refractivity contribution >= 4 is 0 Å². The number of hydrogen-bond donors (Lipinski definition) is 2. The molecule has 0 aliphatic rings. The van der Waals surface area contributed by atoms with Crippen LogP contribution in [0.4, 0.5) is 0 Å². The smallest absolute Gasteiger partial charge is 0.124 e. The van der Waals surface area contributed by atoms with Gasteiger partial charge in [0.1, 0.15) is 5.75 Å². The summed E-state index contributed by atoms with van der Waals surface area (Å²) in [5.41, 5.74) is 0.999. The van der Waals surface area contributed by atoms with E-state index in [1.807, 2.05) is 38.2 Å². The second kappa shape index (κ2) is 5.62. The minimum absolute atomic E-state index is 0.0576. The van der Waals surface area contributed by atoms with E-state index in [0.29, 0.717) is 6.61 Å². The molecule has 0 aliphatic carbocycles. The molecule has 78 valence electrons. The van der Waals surface area contributed by atoms with Crippen molar-refractivity contribution in [2.75, 3.05) is 20.3 Å². The first-order valence-electron chi connectivity index (χ1n) is 4.83. The Labute approximate surface area is 84.7 Å². The van der Waals surface area contributed by atoms with Gasteiger partial charge in [-0.1, -0.05) is 18.2 Å². The molecule has 3 heteroatoms. The number of hydrogen-bond acceptors (Lipinski definition) is 3. The summed E-state index contributed by atoms with van der Waals surface area (Å²) in [7, 11) is 1.82. The van der Waals surface area contributed by atoms with Crippen LogP contribution < -0.4 is 10.1 Å². The Morgan fingerprint density at radius 3 is 2.71 bits per heavy atom. The van der Waals surface area contributed by atoms with Gasteiger partial charge in [0.2, 0.25) is 0 Å². The summed E-state index contributed by atoms with van der Waals surface area (Å²) in [6.07, 6.45) is 0. The van der Waals surface area contributed by atoms with Crippen molar-refractivity contribution < 1.29 is 9.84 Å². The van der Waals surface area contributed by atoms with Crippen molar-refractivity contribution in [3.63, 3.8) is 0 Å². The Hall–Kier alpha value is -1.06. The number of aliphatic hydroxyl groups excluding tert-OH is 1. The van der Waals surface area contributed by atoms with Crippen LogP contribution in [-0.4, -0.2) is 25.4 Å². The Balaban J connectivity index is 2.92. The fourth-order valence-electron chi connectivity index (χ4n) is 1.40. The molecule has 1 rings (SSSR count). The molecule has 0 aliphatic heterocycles. The number of nitrogens with one attached hydrogen (secondary N) is 1. The second-order valence-electron chi connectivity index (χ2n) is 2.99. The highest BCUT2D eigenvalue weighted by Crippen LogP contribution is 2.24. The number of rotatable bonds is 5. The highest BCUT2D eigenvalue weighted by atomic mass is 16.5. The quantitative estimate of drug-likeness (QED) is 0.745. The zero-order valence-corrected chi connectivity index (χ0v) is 8.66. The second-order valence-corrected chi connectivity index (χ2v) is 2.99. The normalized spacial score (nSPS) is 12.5. The summed E-state index contributed by atoms with van der Waals surface area (Å²) in [5, 5.41) is 12.2. The average molecular weight is 195 g/mol. The summed E-state index contributed by atoms with van der Waals surface area (Å²) in [4.78, 5) is 0. The Kier molecular flexibility index (Phi) is 4.43. The van der Waals surface area contributed by atoms with E-state index >= 15 is 0 Å². The first-order valence-corrected chi connectivity index (χ1v) is 4.83. The molecule has 0 spiro atoms. The maximum Gasteiger partial charge on any atom is 0.124 e. The lowest BCUT2D eigenvalue weighted by molar-refractivity contribution is 0.245. The molecular weight excluding hydrogens is 178 g/mol. The van der Waals surface area contributed by atoms with Crippen molar-refractivity contribution in [3.8, 4) is 5.75 Å². The van der Waals surface area contributed by atoms with E-state index in [4.69, 9.17) is 9.84 Å². The van der Waals surface area contributed by atoms with E-state index in [2.05, 4.69) is 5.32 Å². The lowest BCUT2D eigenvalue weighted by atomic mass is 10.1. The molecule has 1 aromatic rings. The van der Waals surface area contributed by atoms with E-state index in [9.17, 15) is 0 Å². The summed E-state index contributed by atoms with van der Waals surface area (Å²) >= 11 is 0. The maximum absolute atomic E-state index is 9.15. The minimum Gasteiger partial charge on any atom is -0.494 e. The van der Waals surface area contributed by atoms with Crippen LogP contribution in [0, 0.1) is 0 Å². The van der Waals surface area contributed by atoms with Gasteiger partial charge in [-0.15, -0.1) is 0 Å². The molecule has 0 fully saturated rings. The van der Waals surface area contributed by atoms with Crippen molar-refractivity contribution in [3.05, 3.63) is 29.8 Å². The molecule has 1 unspecified atom stereocenters. The van der Waals surface area contributed by atoms with Crippen LogP contribution in [0.15, 0.2) is 24.3 Å². The molecule has 2 N–H and O–H groups in total. The first kappa shape index (κ1) is 11.0. The topological polar surface area (TPSA) is 41.5 Å². The van der Waals surface area contributed by atoms with E-state index in [0.717, 1.165) is 11.3 Å². The maximum atomic E-state index is 9.15. The van der Waals surface area contributed by atoms with Gasteiger partial charge in [-0.05, 0) is 20.0 Å². The fraction of sp³-hybridized carbons (Fsp3) is 0.455. The van der Waals surface area contributed by atoms with Crippen LogP contribution in [0.25, 0.3) is 0 Å². The number of ether oxygens (including phenoxy) is 1. The Bertz CT molecular complexity index is 272. The molecular formula is C11H17NO2. The van der Waals surface area contributed by atoms with Crippen molar-refractivity contribution in [2.45, 2.75) is 13.0 Å². The van der Waals surface area contributed by atoms with Crippen molar-refractivity contribution in [2.24, 2.45) is 0 Å². The average Bonchev–Trinajstić information content (AvgIpc) is 2.23. The van der Waals surface area contributed by atoms with Gasteiger partial charge in [0, 0.05) is 5.56 Å². The van der Waals surface area contributed by atoms with E-state index < -0.39 is 0 Å². The van der Waals surface area contributed by atoms with Gasteiger partial charge >= 0.3 is 0 Å². The number of likely N-dealkylation sites (N-methyl/N-ethyl adjacent to an activating group) is 1. The lowest BCUT2D eigenvalue weighted by Crippen LogP contribution is -2.20. The van der Waals surface area contributed by atoms with Gasteiger partial charge in [0.15, 0.2) is 0 Å². The monoisotopic (exact) mass is 195 g/mol. The third-order valence-corrected chi connectivity index (χ3v) is 2.13. The zero-order valence-electron chi connectivity index (χ0n) is 8.66. The molecule has 0 aromatic heterocycles. The summed E-state index contributed by atoms with van der Waals surface area (Å²) in [6.45, 7) is 2.66. The molecule has 0 heterocycles. The van der Waals surface area contributed by atoms with Crippen LogP contribution in [0.2, 0.25) is 0 Å². The van der Waals surface area contributed by atoms with E-state index in [1.54, 1.807) is 0 Å². The largest absolute Gasteiger partial charge is 0.494 e. The van der Waals surface area contributed by atoms with Crippen molar-refractivity contribution in [1.82, 2.24) is 5.32 Å². The predicted octanol–water partition coefficient (Wildman–Crippen LogP) is 1.34. The first-order chi connectivity index (χ1) is 6.83. The van der Waals surface area contributed by atoms with Gasteiger partial charge < -0.3 is 15.2 Å². The van der Waals surface area contributed by atoms with Gasteiger partial charge in [0.05, 0.1) is 19.3 Å². The number of aliphatic hydroxyl groups is 1. The van der Waals surface area contributed by atoms with Crippen LogP contribution in [0.5, 0.6) is 5.75 Å². The van der Waals surface area contributed by atoms with Gasteiger partial charge in [-0.25, -0.2) is 0 Å². The number of para-hydroxylation sites is 1. The molecule has 14 heavy (non-hydrogen) atoms. The molecule has 0 saturated heterocycles. The molecule has 1 atom stereocenters. The van der Waals surface area contributed by atoms with Gasteiger partial charge in [-0.2, -0.15) is 0 Å². The van der Waals surface area contributed by atoms with Crippen LogP contribution in [-0.2, 0) is 0 Å². The summed E-state index contributed by atoms with van der Waals surface area (Å²) < 4.78 is 5.47. The highest BCUT2D eigenvalue weighted by molar-refractivity contribution is 5.35. The van der Waals surface area contributed by atoms with Crippen LogP contribution >= 0.6 is 0 Å². The van der Waals surface area contributed by atoms with Gasteiger partial charge in [0.25, 0.3) is 0 Å². The molecule has 0 radical (unpaired) electrons. The molecule has 3 nitrogen and oxygen atoms in total. The van der Waals surface area contributed by atoms with Crippen LogP contribution in [0.3, 0.4) is 0 Å². The van der Waals surface area contributed by atoms with E-state index in [-0.39, 0.29) is 12.6 Å². The molecule has 1 aromatic carbocycles. The van der Waals surface area contributed by atoms with Crippen molar-refractivity contribution in [1.29, 1.82) is 0 Å². The zero-order chi connectivity index (χ0) is 10.4. The SMILES string of the molecule is CCOc1ccccc1C(CO)NC. The van der Waals surface area contributed by atoms with Gasteiger partial charge in [-0.3, -0.25) is 0 Å². The van der Waals surface area contributed by atoms with E-state index in [1.165, 1.54) is 0 Å². The standard InChI is InChI=1S/C11H17NO2/c1-3-14-11-7-5-4-6-9(11)10(8-13)12-2/h4-7,10,12-13H,3,8H2,1-2H3. The van der Waals surface area contributed by atoms with Crippen LogP contribution in [0.1, 0.15) is 18.5 Å². The summed E-state index contributed by atoms with van der Waals surface area (Å²) in [6, 6.07) is 7.69. The fourth-order valence-corrected chi connectivity index (χ4v) is 1.40. The molecule has 0 bridgehead atoms. The highest BCUT2D eigenvalue weighted by Gasteiger charge is 2.12.